The van der Waals surface area contributed by atoms with Crippen LogP contribution in [0.4, 0.5) is 11.8 Å². The Hall–Kier alpha value is -2.39. The van der Waals surface area contributed by atoms with Gasteiger partial charge in [0.25, 0.3) is 0 Å². The summed E-state index contributed by atoms with van der Waals surface area (Å²) in [7, 11) is 1.19. The molecular formula is C13H13ClN6O2S. The summed E-state index contributed by atoms with van der Waals surface area (Å²) in [6, 6.07) is 9.38. The average molecular weight is 353 g/mol. The molecule has 0 atom stereocenters. The van der Waals surface area contributed by atoms with Gasteiger partial charge in [0.05, 0.1) is 17.6 Å². The van der Waals surface area contributed by atoms with Crippen molar-refractivity contribution in [2.24, 2.45) is 0 Å². The van der Waals surface area contributed by atoms with E-state index >= 15 is 0 Å². The van der Waals surface area contributed by atoms with Gasteiger partial charge in [0, 0.05) is 22.4 Å². The van der Waals surface area contributed by atoms with Crippen molar-refractivity contribution in [1.82, 2.24) is 19.9 Å². The molecule has 0 aliphatic carbocycles. The minimum absolute atomic E-state index is 0.0906. The van der Waals surface area contributed by atoms with Crippen molar-refractivity contribution < 1.29 is 8.42 Å². The van der Waals surface area contributed by atoms with E-state index in [4.69, 9.17) is 10.7 Å². The van der Waals surface area contributed by atoms with Crippen molar-refractivity contribution in [3.63, 3.8) is 0 Å². The van der Waals surface area contributed by atoms with E-state index in [9.17, 15) is 8.42 Å². The number of aryl methyl sites for hydroxylation is 1. The van der Waals surface area contributed by atoms with Crippen molar-refractivity contribution in [1.29, 1.82) is 0 Å². The first-order valence-corrected chi connectivity index (χ1v) is 8.95. The number of nitrogens with one attached hydrogen (secondary N) is 3. The van der Waals surface area contributed by atoms with Gasteiger partial charge in [-0.3, -0.25) is 0 Å². The average Bonchev–Trinajstić information content (AvgIpc) is 2.85. The Balaban J connectivity index is 1.77. The molecule has 3 aromatic rings. The second-order valence-corrected chi connectivity index (χ2v) is 7.11. The lowest BCUT2D eigenvalue weighted by Gasteiger charge is -2.07. The van der Waals surface area contributed by atoms with Crippen molar-refractivity contribution >= 4 is 42.7 Å². The van der Waals surface area contributed by atoms with Gasteiger partial charge in [0.1, 0.15) is 11.6 Å². The van der Waals surface area contributed by atoms with E-state index in [-0.39, 0.29) is 5.95 Å². The van der Waals surface area contributed by atoms with Gasteiger partial charge in [-0.15, -0.1) is 0 Å². The second-order valence-electron chi connectivity index (χ2n) is 4.81. The van der Waals surface area contributed by atoms with E-state index in [1.54, 1.807) is 13.0 Å². The monoisotopic (exact) mass is 352 g/mol. The number of nitrogens with zero attached hydrogens (tertiary/aromatic N) is 3. The van der Waals surface area contributed by atoms with E-state index in [0.717, 1.165) is 16.9 Å². The molecule has 0 unspecified atom stereocenters. The van der Waals surface area contributed by atoms with Gasteiger partial charge in [0.15, 0.2) is 0 Å². The summed E-state index contributed by atoms with van der Waals surface area (Å²) in [5.74, 6) is 1.11. The van der Waals surface area contributed by atoms with Crippen LogP contribution < -0.4 is 10.0 Å². The third-order valence-corrected chi connectivity index (χ3v) is 3.60. The maximum absolute atomic E-state index is 11.0. The number of hydrogen-bond acceptors (Lipinski definition) is 6. The molecule has 0 amide bonds. The highest BCUT2D eigenvalue weighted by molar-refractivity contribution is 8.14. The Bertz CT molecular complexity index is 923. The summed E-state index contributed by atoms with van der Waals surface area (Å²) < 4.78 is 24.1. The van der Waals surface area contributed by atoms with E-state index in [1.807, 2.05) is 29.0 Å². The fraction of sp³-hybridized carbons (Fsp3) is 0.154. The molecule has 3 N–H and O–H groups in total. The van der Waals surface area contributed by atoms with Gasteiger partial charge in [-0.25, -0.2) is 14.7 Å². The van der Waals surface area contributed by atoms with Crippen molar-refractivity contribution in [3.8, 4) is 0 Å². The van der Waals surface area contributed by atoms with E-state index in [1.165, 1.54) is 0 Å². The third kappa shape index (κ3) is 4.08. The van der Waals surface area contributed by atoms with Crippen LogP contribution in [0, 0.1) is 6.92 Å². The molecule has 8 nitrogen and oxygen atoms in total. The van der Waals surface area contributed by atoms with Gasteiger partial charge in [0.2, 0.25) is 5.95 Å². The summed E-state index contributed by atoms with van der Waals surface area (Å²) in [4.78, 5) is 15.6. The molecule has 0 bridgehead atoms. The summed E-state index contributed by atoms with van der Waals surface area (Å²) in [5.41, 5.74) is 2.41. The number of para-hydroxylation sites is 2. The van der Waals surface area contributed by atoms with Crippen LogP contribution >= 0.6 is 10.7 Å². The minimum atomic E-state index is -3.94. The van der Waals surface area contributed by atoms with Crippen LogP contribution in [0.25, 0.3) is 11.0 Å². The van der Waals surface area contributed by atoms with Gasteiger partial charge in [-0.1, -0.05) is 12.1 Å². The minimum Gasteiger partial charge on any atom is -0.363 e. The number of fused-ring (bicyclic) bond motifs is 1. The summed E-state index contributed by atoms with van der Waals surface area (Å²) in [6.07, 6.45) is 0. The number of aromatic amines is 1. The van der Waals surface area contributed by atoms with Crippen LogP contribution in [-0.2, 0) is 15.8 Å². The number of hydrogen-bond donors (Lipinski definition) is 3. The molecule has 23 heavy (non-hydrogen) atoms. The molecule has 0 fully saturated rings. The first-order chi connectivity index (χ1) is 10.9. The Kier molecular flexibility index (Phi) is 4.05. The number of halogens is 1. The number of anilines is 2. The quantitative estimate of drug-likeness (QED) is 0.606. The van der Waals surface area contributed by atoms with Gasteiger partial charge >= 0.3 is 9.24 Å². The smallest absolute Gasteiger partial charge is 0.321 e. The standard InChI is InChI=1S/C13H13ClN6O2S/c1-8-6-11(19-13(16-8)20-23(14,21)22)15-7-12-17-9-4-2-3-5-10(9)18-12/h2-6H,7H2,1H3,(H,17,18)(H2,15,16,19,20). The molecule has 2 aromatic heterocycles. The van der Waals surface area contributed by atoms with Crippen molar-refractivity contribution in [3.05, 3.63) is 41.9 Å². The van der Waals surface area contributed by atoms with Crippen LogP contribution in [0.15, 0.2) is 30.3 Å². The highest BCUT2D eigenvalue weighted by atomic mass is 35.7. The normalized spacial score (nSPS) is 11.6. The maximum Gasteiger partial charge on any atom is 0.321 e. The molecule has 0 aliphatic rings. The molecule has 0 radical (unpaired) electrons. The van der Waals surface area contributed by atoms with Crippen molar-refractivity contribution in [2.75, 3.05) is 10.0 Å². The van der Waals surface area contributed by atoms with Crippen LogP contribution in [0.3, 0.4) is 0 Å². The predicted molar refractivity (Wildman–Crippen MR) is 88.6 cm³/mol. The van der Waals surface area contributed by atoms with Gasteiger partial charge in [-0.2, -0.15) is 13.4 Å². The SMILES string of the molecule is Cc1cc(NCc2nc3ccccc3[nH]2)nc(NS(=O)(=O)Cl)n1. The Morgan fingerprint density at radius 1 is 1.22 bits per heavy atom. The van der Waals surface area contributed by atoms with E-state index in [2.05, 4.69) is 25.3 Å². The number of H-pyrrole nitrogens is 1. The number of aromatic nitrogens is 4. The third-order valence-electron chi connectivity index (χ3n) is 2.94. The topological polar surface area (TPSA) is 113 Å². The van der Waals surface area contributed by atoms with Gasteiger partial charge < -0.3 is 10.3 Å². The van der Waals surface area contributed by atoms with Crippen LogP contribution in [0.2, 0.25) is 0 Å². The molecular weight excluding hydrogens is 340 g/mol. The first-order valence-electron chi connectivity index (χ1n) is 6.65. The Morgan fingerprint density at radius 2 is 2.00 bits per heavy atom. The summed E-state index contributed by atoms with van der Waals surface area (Å²) in [5, 5.41) is 3.07. The number of rotatable bonds is 5. The lowest BCUT2D eigenvalue weighted by atomic mass is 10.3. The molecule has 3 rings (SSSR count). The molecule has 0 spiro atoms. The zero-order chi connectivity index (χ0) is 16.4. The molecule has 120 valence electrons. The Labute approximate surface area is 136 Å². The summed E-state index contributed by atoms with van der Waals surface area (Å²) >= 11 is 0. The second kappa shape index (κ2) is 6.01. The molecule has 2 heterocycles. The molecule has 0 saturated heterocycles. The molecule has 0 aliphatic heterocycles. The molecule has 0 saturated carbocycles. The lowest BCUT2D eigenvalue weighted by molar-refractivity contribution is 0.614. The first kappa shape index (κ1) is 15.5. The Morgan fingerprint density at radius 3 is 2.74 bits per heavy atom. The highest BCUT2D eigenvalue weighted by Crippen LogP contribution is 2.14. The number of imidazole rings is 1. The summed E-state index contributed by atoms with van der Waals surface area (Å²) in [6.45, 7) is 2.12. The fourth-order valence-corrected chi connectivity index (χ4v) is 2.59. The zero-order valence-corrected chi connectivity index (χ0v) is 13.6. The van der Waals surface area contributed by atoms with Crippen LogP contribution in [0.1, 0.15) is 11.5 Å². The predicted octanol–water partition coefficient (Wildman–Crippen LogP) is 2.17. The van der Waals surface area contributed by atoms with E-state index in [0.29, 0.717) is 18.1 Å². The maximum atomic E-state index is 11.0. The largest absolute Gasteiger partial charge is 0.363 e. The van der Waals surface area contributed by atoms with Crippen LogP contribution in [0.5, 0.6) is 0 Å². The zero-order valence-electron chi connectivity index (χ0n) is 12.0. The van der Waals surface area contributed by atoms with Crippen molar-refractivity contribution in [2.45, 2.75) is 13.5 Å². The number of benzene rings is 1. The van der Waals surface area contributed by atoms with Gasteiger partial charge in [-0.05, 0) is 19.1 Å². The molecule has 1 aromatic carbocycles. The van der Waals surface area contributed by atoms with Crippen LogP contribution in [-0.4, -0.2) is 28.4 Å². The molecule has 10 heteroatoms. The van der Waals surface area contributed by atoms with E-state index < -0.39 is 9.24 Å². The fourth-order valence-electron chi connectivity index (χ4n) is 2.08. The lowest BCUT2D eigenvalue weighted by Crippen LogP contribution is -2.11. The highest BCUT2D eigenvalue weighted by Gasteiger charge is 2.09.